The van der Waals surface area contributed by atoms with Gasteiger partial charge >= 0.3 is 0 Å². The quantitative estimate of drug-likeness (QED) is 0.894. The zero-order valence-corrected chi connectivity index (χ0v) is 15.3. The van der Waals surface area contributed by atoms with E-state index in [0.717, 1.165) is 22.5 Å². The summed E-state index contributed by atoms with van der Waals surface area (Å²) in [7, 11) is 0. The lowest BCUT2D eigenvalue weighted by Crippen LogP contribution is -2.60. The number of amides is 1. The number of aliphatic hydroxyl groups is 1. The van der Waals surface area contributed by atoms with Crippen molar-refractivity contribution in [3.63, 3.8) is 0 Å². The number of carbonyl (C=O) groups is 1. The smallest absolute Gasteiger partial charge is 0.256 e. The molecule has 0 spiro atoms. The molecule has 2 aromatic heterocycles. The molecule has 0 aromatic carbocycles. The second-order valence-corrected chi connectivity index (χ2v) is 8.23. The van der Waals surface area contributed by atoms with Gasteiger partial charge in [-0.25, -0.2) is 0 Å². The number of hydrogen-bond donors (Lipinski definition) is 2. The Balaban J connectivity index is 1.80. The molecule has 130 valence electrons. The van der Waals surface area contributed by atoms with Gasteiger partial charge in [0.15, 0.2) is 0 Å². The van der Waals surface area contributed by atoms with Crippen molar-refractivity contribution in [2.45, 2.75) is 26.3 Å². The lowest BCUT2D eigenvalue weighted by molar-refractivity contribution is 0.0108. The maximum atomic E-state index is 13.1. The molecular formula is C18H25N3O2S. The SMILES string of the molecule is Cc1ccc(-c2c[nH]cc2C(=O)N2CCN(CCO)C(C)(C)C2)s1. The van der Waals surface area contributed by atoms with Crippen LogP contribution in [0.2, 0.25) is 0 Å². The highest BCUT2D eigenvalue weighted by molar-refractivity contribution is 7.15. The Morgan fingerprint density at radius 1 is 1.33 bits per heavy atom. The number of thiophene rings is 1. The molecular weight excluding hydrogens is 322 g/mol. The maximum Gasteiger partial charge on any atom is 0.256 e. The summed E-state index contributed by atoms with van der Waals surface area (Å²) in [4.78, 5) is 22.7. The molecule has 5 nitrogen and oxygen atoms in total. The first-order chi connectivity index (χ1) is 11.4. The summed E-state index contributed by atoms with van der Waals surface area (Å²) < 4.78 is 0. The Hall–Kier alpha value is -1.63. The third-order valence-corrected chi connectivity index (χ3v) is 5.75. The van der Waals surface area contributed by atoms with Crippen molar-refractivity contribution in [2.24, 2.45) is 0 Å². The number of nitrogens with zero attached hydrogens (tertiary/aromatic N) is 2. The molecule has 1 fully saturated rings. The number of rotatable bonds is 4. The fourth-order valence-electron chi connectivity index (χ4n) is 3.39. The number of hydrogen-bond acceptors (Lipinski definition) is 4. The lowest BCUT2D eigenvalue weighted by Gasteiger charge is -2.47. The average molecular weight is 347 g/mol. The zero-order valence-electron chi connectivity index (χ0n) is 14.5. The van der Waals surface area contributed by atoms with Crippen LogP contribution in [-0.4, -0.2) is 64.1 Å². The molecule has 1 aliphatic heterocycles. The first-order valence-electron chi connectivity index (χ1n) is 8.31. The predicted molar refractivity (Wildman–Crippen MR) is 97.5 cm³/mol. The van der Waals surface area contributed by atoms with Gasteiger partial charge in [-0.2, -0.15) is 0 Å². The van der Waals surface area contributed by atoms with E-state index in [-0.39, 0.29) is 18.1 Å². The third-order valence-electron chi connectivity index (χ3n) is 4.71. The number of aromatic nitrogens is 1. The van der Waals surface area contributed by atoms with Crippen LogP contribution in [0.5, 0.6) is 0 Å². The van der Waals surface area contributed by atoms with Gasteiger partial charge in [-0.3, -0.25) is 9.69 Å². The number of aliphatic hydroxyl groups excluding tert-OH is 1. The van der Waals surface area contributed by atoms with Crippen molar-refractivity contribution < 1.29 is 9.90 Å². The summed E-state index contributed by atoms with van der Waals surface area (Å²) in [5.74, 6) is 0.0778. The van der Waals surface area contributed by atoms with Gasteiger partial charge in [-0.1, -0.05) is 0 Å². The summed E-state index contributed by atoms with van der Waals surface area (Å²) in [6.07, 6.45) is 3.71. The average Bonchev–Trinajstić information content (AvgIpc) is 3.16. The van der Waals surface area contributed by atoms with Gasteiger partial charge in [0.05, 0.1) is 12.2 Å². The number of piperazine rings is 1. The van der Waals surface area contributed by atoms with Gasteiger partial charge in [0.2, 0.25) is 0 Å². The summed E-state index contributed by atoms with van der Waals surface area (Å²) in [6.45, 7) is 9.28. The largest absolute Gasteiger partial charge is 0.395 e. The van der Waals surface area contributed by atoms with E-state index in [1.54, 1.807) is 17.5 Å². The highest BCUT2D eigenvalue weighted by atomic mass is 32.1. The van der Waals surface area contributed by atoms with Crippen LogP contribution in [0.3, 0.4) is 0 Å². The van der Waals surface area contributed by atoms with E-state index in [4.69, 9.17) is 0 Å². The van der Waals surface area contributed by atoms with Crippen LogP contribution in [0.15, 0.2) is 24.5 Å². The van der Waals surface area contributed by atoms with Crippen molar-refractivity contribution >= 4 is 17.2 Å². The number of aromatic amines is 1. The molecule has 0 saturated carbocycles. The van der Waals surface area contributed by atoms with Crippen LogP contribution >= 0.6 is 11.3 Å². The van der Waals surface area contributed by atoms with Crippen LogP contribution < -0.4 is 0 Å². The molecule has 0 atom stereocenters. The van der Waals surface area contributed by atoms with Gasteiger partial charge < -0.3 is 15.0 Å². The summed E-state index contributed by atoms with van der Waals surface area (Å²) in [5, 5.41) is 9.22. The minimum atomic E-state index is -0.132. The second kappa shape index (κ2) is 6.70. The predicted octanol–water partition coefficient (Wildman–Crippen LogP) is 2.58. The number of aryl methyl sites for hydroxylation is 1. The van der Waals surface area contributed by atoms with Gasteiger partial charge in [0.25, 0.3) is 5.91 Å². The second-order valence-electron chi connectivity index (χ2n) is 6.94. The Bertz CT molecular complexity index is 719. The van der Waals surface area contributed by atoms with Crippen LogP contribution in [0.4, 0.5) is 0 Å². The number of β-amino-alcohol motifs (C(OH)–C–C–N with tert-alkyl or cyclic N) is 1. The van der Waals surface area contributed by atoms with Crippen LogP contribution in [0.25, 0.3) is 10.4 Å². The highest BCUT2D eigenvalue weighted by Crippen LogP contribution is 2.32. The van der Waals surface area contributed by atoms with Gasteiger partial charge in [0.1, 0.15) is 0 Å². The zero-order chi connectivity index (χ0) is 17.3. The van der Waals surface area contributed by atoms with Crippen LogP contribution in [0, 0.1) is 6.92 Å². The molecule has 0 aliphatic carbocycles. The molecule has 0 unspecified atom stereocenters. The van der Waals surface area contributed by atoms with Crippen molar-refractivity contribution in [1.82, 2.24) is 14.8 Å². The fourth-order valence-corrected chi connectivity index (χ4v) is 4.29. The fraction of sp³-hybridized carbons (Fsp3) is 0.500. The van der Waals surface area contributed by atoms with Crippen molar-refractivity contribution in [2.75, 3.05) is 32.8 Å². The van der Waals surface area contributed by atoms with Crippen molar-refractivity contribution in [1.29, 1.82) is 0 Å². The highest BCUT2D eigenvalue weighted by Gasteiger charge is 2.36. The van der Waals surface area contributed by atoms with E-state index >= 15 is 0 Å². The maximum absolute atomic E-state index is 13.1. The molecule has 0 bridgehead atoms. The Kier molecular flexibility index (Phi) is 4.80. The number of nitrogens with one attached hydrogen (secondary N) is 1. The minimum Gasteiger partial charge on any atom is -0.395 e. The first kappa shape index (κ1) is 17.2. The normalized spacial score (nSPS) is 18.1. The topological polar surface area (TPSA) is 59.6 Å². The van der Waals surface area contributed by atoms with E-state index in [0.29, 0.717) is 19.6 Å². The van der Waals surface area contributed by atoms with Crippen molar-refractivity contribution in [3.8, 4) is 10.4 Å². The van der Waals surface area contributed by atoms with Crippen LogP contribution in [-0.2, 0) is 0 Å². The number of carbonyl (C=O) groups excluding carboxylic acids is 1. The molecule has 6 heteroatoms. The summed E-state index contributed by atoms with van der Waals surface area (Å²) in [5.41, 5.74) is 1.59. The molecule has 2 N–H and O–H groups in total. The third kappa shape index (κ3) is 3.27. The Morgan fingerprint density at radius 2 is 2.12 bits per heavy atom. The van der Waals surface area contributed by atoms with Gasteiger partial charge in [0, 0.05) is 59.4 Å². The molecule has 1 amide bonds. The van der Waals surface area contributed by atoms with Gasteiger partial charge in [-0.15, -0.1) is 11.3 Å². The Labute approximate surface area is 146 Å². The molecule has 1 aliphatic rings. The standard InChI is InChI=1S/C18H25N3O2S/c1-13-4-5-16(24-13)14-10-19-11-15(14)17(23)20-6-7-21(8-9-22)18(2,3)12-20/h4-5,10-11,19,22H,6-9,12H2,1-3H3. The molecule has 3 heterocycles. The molecule has 0 radical (unpaired) electrons. The van der Waals surface area contributed by atoms with Crippen molar-refractivity contribution in [3.05, 3.63) is 35.0 Å². The Morgan fingerprint density at radius 3 is 2.75 bits per heavy atom. The summed E-state index contributed by atoms with van der Waals surface area (Å²) in [6, 6.07) is 4.15. The van der Waals surface area contributed by atoms with Gasteiger partial charge in [-0.05, 0) is 32.9 Å². The lowest BCUT2D eigenvalue weighted by atomic mass is 9.98. The molecule has 2 aromatic rings. The monoisotopic (exact) mass is 347 g/mol. The molecule has 3 rings (SSSR count). The van der Waals surface area contributed by atoms with E-state index in [1.165, 1.54) is 4.88 Å². The van der Waals surface area contributed by atoms with E-state index in [2.05, 4.69) is 42.8 Å². The van der Waals surface area contributed by atoms with Crippen LogP contribution in [0.1, 0.15) is 29.1 Å². The minimum absolute atomic E-state index is 0.0778. The number of H-pyrrole nitrogens is 1. The van der Waals surface area contributed by atoms with E-state index in [1.807, 2.05) is 11.1 Å². The summed E-state index contributed by atoms with van der Waals surface area (Å²) >= 11 is 1.70. The first-order valence-corrected chi connectivity index (χ1v) is 9.13. The van der Waals surface area contributed by atoms with E-state index in [9.17, 15) is 9.90 Å². The van der Waals surface area contributed by atoms with E-state index < -0.39 is 0 Å². The molecule has 24 heavy (non-hydrogen) atoms. The molecule has 1 saturated heterocycles.